The molecule has 2 N–H and O–H groups in total. The van der Waals surface area contributed by atoms with Gasteiger partial charge in [0.2, 0.25) is 10.0 Å². The van der Waals surface area contributed by atoms with Crippen molar-refractivity contribution in [2.75, 3.05) is 13.2 Å². The van der Waals surface area contributed by atoms with Gasteiger partial charge in [0.05, 0.1) is 17.2 Å². The van der Waals surface area contributed by atoms with Crippen LogP contribution in [0.2, 0.25) is 0 Å². The molecule has 0 amide bonds. The number of rotatable bonds is 11. The molecule has 2 heterocycles. The molecule has 0 unspecified atom stereocenters. The number of sulfonamides is 1. The largest absolute Gasteiger partial charge is 0.480 e. The smallest absolute Gasteiger partial charge is 0.322 e. The second-order valence-electron chi connectivity index (χ2n) is 8.62. The van der Waals surface area contributed by atoms with E-state index >= 15 is 0 Å². The fourth-order valence-electron chi connectivity index (χ4n) is 3.84. The first kappa shape index (κ1) is 26.3. The summed E-state index contributed by atoms with van der Waals surface area (Å²) in [5.74, 6) is -1.58. The molecule has 0 saturated heterocycles. The van der Waals surface area contributed by atoms with Crippen LogP contribution in [0, 0.1) is 12.8 Å². The van der Waals surface area contributed by atoms with Crippen molar-refractivity contribution < 1.29 is 27.9 Å². The number of ether oxygens (including phenoxy) is 1. The van der Waals surface area contributed by atoms with Crippen molar-refractivity contribution in [2.24, 2.45) is 5.92 Å². The molecule has 0 saturated carbocycles. The zero-order chi connectivity index (χ0) is 25.8. The van der Waals surface area contributed by atoms with E-state index in [9.17, 15) is 23.1 Å². The number of H-pyrrole nitrogens is 1. The number of carbonyl (C=O) groups excluding carboxylic acids is 1. The summed E-state index contributed by atoms with van der Waals surface area (Å²) in [6.45, 7) is 6.35. The number of aromatic nitrogens is 3. The van der Waals surface area contributed by atoms with E-state index in [1.165, 1.54) is 12.1 Å². The summed E-state index contributed by atoms with van der Waals surface area (Å²) < 4.78 is 32.6. The topological polar surface area (TPSA) is 143 Å². The van der Waals surface area contributed by atoms with Crippen LogP contribution >= 0.6 is 0 Å². The number of carbonyl (C=O) groups is 2. The lowest BCUT2D eigenvalue weighted by Crippen LogP contribution is -2.48. The number of carboxylic acid groups (broad SMARTS) is 1. The highest BCUT2D eigenvalue weighted by atomic mass is 32.2. The van der Waals surface area contributed by atoms with Crippen molar-refractivity contribution in [3.05, 3.63) is 53.6 Å². The van der Waals surface area contributed by atoms with Crippen molar-refractivity contribution in [1.29, 1.82) is 0 Å². The van der Waals surface area contributed by atoms with Gasteiger partial charge in [-0.05, 0) is 49.9 Å². The number of carboxylic acids is 1. The van der Waals surface area contributed by atoms with Gasteiger partial charge in [0, 0.05) is 18.3 Å². The van der Waals surface area contributed by atoms with E-state index in [0.717, 1.165) is 27.0 Å². The number of aryl methyl sites for hydroxylation is 1. The van der Waals surface area contributed by atoms with Gasteiger partial charge in [-0.15, -0.1) is 0 Å². The van der Waals surface area contributed by atoms with E-state index < -0.39 is 34.5 Å². The third-order valence-electron chi connectivity index (χ3n) is 5.41. The molecule has 1 aromatic carbocycles. The fraction of sp³-hybridized carbons (Fsp3) is 0.417. The summed E-state index contributed by atoms with van der Waals surface area (Å²) in [7, 11) is -4.30. The summed E-state index contributed by atoms with van der Waals surface area (Å²) in [6.07, 6.45) is 2.29. The molecule has 0 aliphatic carbocycles. The lowest BCUT2D eigenvalue weighted by atomic mass is 10.0. The lowest BCUT2D eigenvalue weighted by molar-refractivity contribution is -0.146. The van der Waals surface area contributed by atoms with Crippen LogP contribution in [0.3, 0.4) is 0 Å². The molecule has 1 aromatic rings. The molecule has 35 heavy (non-hydrogen) atoms. The van der Waals surface area contributed by atoms with E-state index in [2.05, 4.69) is 15.0 Å². The van der Waals surface area contributed by atoms with Crippen LogP contribution in [0.5, 0.6) is 0 Å². The van der Waals surface area contributed by atoms with E-state index in [1.54, 1.807) is 39.1 Å². The predicted molar refractivity (Wildman–Crippen MR) is 128 cm³/mol. The Labute approximate surface area is 204 Å². The minimum Gasteiger partial charge on any atom is -0.480 e. The van der Waals surface area contributed by atoms with Gasteiger partial charge in [-0.1, -0.05) is 26.0 Å². The molecule has 0 spiro atoms. The maximum Gasteiger partial charge on any atom is 0.322 e. The number of imidazole rings is 1. The van der Waals surface area contributed by atoms with Gasteiger partial charge in [0.1, 0.15) is 24.1 Å². The molecule has 0 fully saturated rings. The molecule has 188 valence electrons. The molecule has 10 nitrogen and oxygen atoms in total. The summed E-state index contributed by atoms with van der Waals surface area (Å²) in [4.78, 5) is 36.0. The molecule has 0 aromatic heterocycles. The maximum atomic E-state index is 13.5. The Morgan fingerprint density at radius 2 is 1.83 bits per heavy atom. The van der Waals surface area contributed by atoms with Gasteiger partial charge in [-0.2, -0.15) is 4.31 Å². The monoisotopic (exact) mass is 502 g/mol. The zero-order valence-electron chi connectivity index (χ0n) is 20.2. The summed E-state index contributed by atoms with van der Waals surface area (Å²) in [5.41, 5.74) is 3.18. The average Bonchev–Trinajstić information content (AvgIpc) is 3.17. The highest BCUT2D eigenvalue weighted by Gasteiger charge is 2.38. The Bertz CT molecular complexity index is 1250. The summed E-state index contributed by atoms with van der Waals surface area (Å²) in [5, 5.41) is 9.77. The number of pyridine rings is 1. The highest BCUT2D eigenvalue weighted by molar-refractivity contribution is 7.89. The van der Waals surface area contributed by atoms with Crippen LogP contribution < -0.4 is 0 Å². The SMILES string of the molecule is CCOC(=O)CN([C@@H](CC(C)C)C(=O)O)S(=O)(=O)c1ccc(Cc2[nH]ccc3nc(C)nc2-3)cc1. The number of benzene rings is 1. The van der Waals surface area contributed by atoms with Gasteiger partial charge in [-0.3, -0.25) is 9.59 Å². The summed E-state index contributed by atoms with van der Waals surface area (Å²) in [6, 6.07) is 6.57. The quantitative estimate of drug-likeness (QED) is 0.381. The van der Waals surface area contributed by atoms with Gasteiger partial charge < -0.3 is 14.8 Å². The second-order valence-corrected chi connectivity index (χ2v) is 10.5. The van der Waals surface area contributed by atoms with Crippen LogP contribution in [0.15, 0.2) is 41.4 Å². The van der Waals surface area contributed by atoms with Crippen molar-refractivity contribution in [3.8, 4) is 11.4 Å². The van der Waals surface area contributed by atoms with Crippen LogP contribution in [0.1, 0.15) is 44.3 Å². The van der Waals surface area contributed by atoms with Gasteiger partial charge in [-0.25, -0.2) is 18.4 Å². The fourth-order valence-corrected chi connectivity index (χ4v) is 5.37. The third-order valence-corrected chi connectivity index (χ3v) is 7.28. The Morgan fingerprint density at radius 3 is 2.43 bits per heavy atom. The minimum absolute atomic E-state index is 0.0476. The Morgan fingerprint density at radius 1 is 1.14 bits per heavy atom. The van der Waals surface area contributed by atoms with Crippen molar-refractivity contribution in [1.82, 2.24) is 19.3 Å². The number of aliphatic carboxylic acids is 1. The van der Waals surface area contributed by atoms with Crippen LogP contribution in [0.4, 0.5) is 0 Å². The molecule has 2 aliphatic rings. The standard InChI is InChI=1S/C24H30N4O6S/c1-5-34-22(29)14-28(21(24(30)31)12-15(2)3)35(32,33)18-8-6-17(7-9-18)13-20-23-19(10-11-25-20)26-16(4)27-23/h6-11,15,21,25H,5,12-14H2,1-4H3,(H,30,31)/t21-/m0/s1. The number of fused-ring (bicyclic) bond motifs is 1. The third kappa shape index (κ3) is 6.23. The van der Waals surface area contributed by atoms with E-state index in [-0.39, 0.29) is 23.8 Å². The molecule has 11 heteroatoms. The van der Waals surface area contributed by atoms with Crippen LogP contribution in [-0.4, -0.2) is 63.9 Å². The van der Waals surface area contributed by atoms with Gasteiger partial charge >= 0.3 is 11.9 Å². The molecule has 0 radical (unpaired) electrons. The Hall–Kier alpha value is -3.31. The van der Waals surface area contributed by atoms with Crippen molar-refractivity contribution >= 4 is 22.0 Å². The molecule has 2 aliphatic heterocycles. The molecule has 3 rings (SSSR count). The van der Waals surface area contributed by atoms with Gasteiger partial charge in [0.25, 0.3) is 0 Å². The highest BCUT2D eigenvalue weighted by Crippen LogP contribution is 2.26. The van der Waals surface area contributed by atoms with Crippen LogP contribution in [-0.2, 0) is 30.8 Å². The normalized spacial score (nSPS) is 12.9. The summed E-state index contributed by atoms with van der Waals surface area (Å²) >= 11 is 0. The Kier molecular flexibility index (Phi) is 8.23. The second kappa shape index (κ2) is 11.0. The van der Waals surface area contributed by atoms with E-state index in [0.29, 0.717) is 12.2 Å². The number of nitrogens with one attached hydrogen (secondary N) is 1. The molecule has 0 bridgehead atoms. The molecule has 1 atom stereocenters. The number of esters is 1. The maximum absolute atomic E-state index is 13.5. The molecular formula is C24H30N4O6S. The number of nitrogens with zero attached hydrogens (tertiary/aromatic N) is 3. The number of aromatic amines is 1. The van der Waals surface area contributed by atoms with Crippen molar-refractivity contribution in [3.63, 3.8) is 0 Å². The first-order chi connectivity index (χ1) is 16.5. The Balaban J connectivity index is 1.91. The number of hydrogen-bond acceptors (Lipinski definition) is 7. The number of hydrogen-bond donors (Lipinski definition) is 2. The van der Waals surface area contributed by atoms with Crippen molar-refractivity contribution in [2.45, 2.75) is 51.5 Å². The first-order valence-corrected chi connectivity index (χ1v) is 12.8. The first-order valence-electron chi connectivity index (χ1n) is 11.3. The average molecular weight is 503 g/mol. The molecular weight excluding hydrogens is 472 g/mol. The van der Waals surface area contributed by atoms with Gasteiger partial charge in [0.15, 0.2) is 0 Å². The zero-order valence-corrected chi connectivity index (χ0v) is 21.0. The predicted octanol–water partition coefficient (Wildman–Crippen LogP) is 2.86. The minimum atomic E-state index is -4.30. The van der Waals surface area contributed by atoms with Crippen LogP contribution in [0.25, 0.3) is 11.4 Å². The van der Waals surface area contributed by atoms with E-state index in [4.69, 9.17) is 4.74 Å². The lowest BCUT2D eigenvalue weighted by Gasteiger charge is -2.28. The van der Waals surface area contributed by atoms with E-state index in [1.807, 2.05) is 13.0 Å².